The predicted octanol–water partition coefficient (Wildman–Crippen LogP) is 2.78. The summed E-state index contributed by atoms with van der Waals surface area (Å²) in [4.78, 5) is -0.500. The molecule has 4 nitrogen and oxygen atoms in total. The summed E-state index contributed by atoms with van der Waals surface area (Å²) in [6.45, 7) is -0.324. The van der Waals surface area contributed by atoms with Gasteiger partial charge in [0.1, 0.15) is 0 Å². The molecule has 9 heteroatoms. The molecule has 0 saturated heterocycles. The fraction of sp³-hybridized carbons (Fsp3) is 0.231. The highest BCUT2D eigenvalue weighted by Crippen LogP contribution is 2.30. The fourth-order valence-corrected chi connectivity index (χ4v) is 3.48. The highest BCUT2D eigenvalue weighted by Gasteiger charge is 2.31. The summed E-state index contributed by atoms with van der Waals surface area (Å²) < 4.78 is 63.9. The summed E-state index contributed by atoms with van der Waals surface area (Å²) in [7, 11) is -4.14. The Morgan fingerprint density at radius 1 is 1.27 bits per heavy atom. The van der Waals surface area contributed by atoms with Crippen molar-refractivity contribution in [2.24, 2.45) is 0 Å². The Labute approximate surface area is 129 Å². The van der Waals surface area contributed by atoms with E-state index >= 15 is 0 Å². The largest absolute Gasteiger partial charge is 0.416 e. The van der Waals surface area contributed by atoms with Gasteiger partial charge in [0.25, 0.3) is 0 Å². The quantitative estimate of drug-likeness (QED) is 0.871. The zero-order valence-electron chi connectivity index (χ0n) is 11.0. The highest BCUT2D eigenvalue weighted by molar-refractivity contribution is 7.89. The third kappa shape index (κ3) is 4.07. The van der Waals surface area contributed by atoms with Crippen LogP contribution in [0.15, 0.2) is 46.0 Å². The van der Waals surface area contributed by atoms with Crippen LogP contribution in [0.5, 0.6) is 0 Å². The van der Waals surface area contributed by atoms with Crippen LogP contribution in [0.2, 0.25) is 0 Å². The van der Waals surface area contributed by atoms with Crippen LogP contribution in [-0.4, -0.2) is 20.1 Å². The number of thiophene rings is 1. The van der Waals surface area contributed by atoms with Crippen molar-refractivity contribution >= 4 is 21.4 Å². The van der Waals surface area contributed by atoms with Crippen molar-refractivity contribution < 1.29 is 26.7 Å². The number of hydrogen-bond donors (Lipinski definition) is 2. The molecule has 2 N–H and O–H groups in total. The minimum absolute atomic E-state index is 0.324. The second kappa shape index (κ2) is 6.37. The predicted molar refractivity (Wildman–Crippen MR) is 75.9 cm³/mol. The maximum Gasteiger partial charge on any atom is 0.416 e. The molecule has 0 saturated carbocycles. The lowest BCUT2D eigenvalue weighted by Gasteiger charge is -2.12. The summed E-state index contributed by atoms with van der Waals surface area (Å²) in [5.41, 5.74) is -0.509. The molecule has 0 aliphatic heterocycles. The number of benzene rings is 1. The number of sulfonamides is 1. The molecule has 2 rings (SSSR count). The van der Waals surface area contributed by atoms with Crippen molar-refractivity contribution in [3.63, 3.8) is 0 Å². The average Bonchev–Trinajstić information content (AvgIpc) is 2.98. The van der Waals surface area contributed by atoms with Gasteiger partial charge in [-0.2, -0.15) is 24.5 Å². The molecule has 0 aliphatic carbocycles. The Bertz CT molecular complexity index is 727. The lowest BCUT2D eigenvalue weighted by molar-refractivity contribution is -0.137. The SMILES string of the molecule is O=S(=O)(NCC(O)c1ccsc1)c1cccc(C(F)(F)F)c1. The molecule has 2 aromatic rings. The summed E-state index contributed by atoms with van der Waals surface area (Å²) in [6, 6.07) is 5.06. The van der Waals surface area contributed by atoms with Gasteiger partial charge in [-0.3, -0.25) is 0 Å². The second-order valence-corrected chi connectivity index (χ2v) is 7.00. The van der Waals surface area contributed by atoms with Gasteiger partial charge in [-0.1, -0.05) is 6.07 Å². The van der Waals surface area contributed by atoms with Crippen LogP contribution in [0.4, 0.5) is 13.2 Å². The summed E-state index contributed by atoms with van der Waals surface area (Å²) in [5, 5.41) is 13.2. The van der Waals surface area contributed by atoms with Gasteiger partial charge in [-0.05, 0) is 40.6 Å². The highest BCUT2D eigenvalue weighted by atomic mass is 32.2. The molecule has 0 fully saturated rings. The first-order valence-electron chi connectivity index (χ1n) is 6.07. The lowest BCUT2D eigenvalue weighted by Crippen LogP contribution is -2.28. The van der Waals surface area contributed by atoms with E-state index in [0.29, 0.717) is 11.6 Å². The molecule has 0 amide bonds. The van der Waals surface area contributed by atoms with Crippen LogP contribution in [0.25, 0.3) is 0 Å². The zero-order chi connectivity index (χ0) is 16.4. The lowest BCUT2D eigenvalue weighted by atomic mass is 10.2. The van der Waals surface area contributed by atoms with Gasteiger partial charge < -0.3 is 5.11 Å². The molecular formula is C13H12F3NO3S2. The first kappa shape index (κ1) is 16.9. The number of halogens is 3. The summed E-state index contributed by atoms with van der Waals surface area (Å²) in [6.07, 6.45) is -5.69. The van der Waals surface area contributed by atoms with Crippen LogP contribution >= 0.6 is 11.3 Å². The first-order valence-corrected chi connectivity index (χ1v) is 8.50. The number of aliphatic hydroxyl groups excluding tert-OH is 1. The topological polar surface area (TPSA) is 66.4 Å². The Hall–Kier alpha value is -1.42. The summed E-state index contributed by atoms with van der Waals surface area (Å²) in [5.74, 6) is 0. The molecular weight excluding hydrogens is 339 g/mol. The van der Waals surface area contributed by atoms with Crippen LogP contribution < -0.4 is 4.72 Å². The van der Waals surface area contributed by atoms with E-state index in [-0.39, 0.29) is 6.54 Å². The number of nitrogens with one attached hydrogen (secondary N) is 1. The second-order valence-electron chi connectivity index (χ2n) is 4.45. The van der Waals surface area contributed by atoms with Crippen LogP contribution in [0.1, 0.15) is 17.2 Å². The van der Waals surface area contributed by atoms with Crippen molar-refractivity contribution in [1.82, 2.24) is 4.72 Å². The fourth-order valence-electron chi connectivity index (χ4n) is 1.69. The Morgan fingerprint density at radius 3 is 2.59 bits per heavy atom. The van der Waals surface area contributed by atoms with E-state index in [1.54, 1.807) is 16.8 Å². The van der Waals surface area contributed by atoms with E-state index in [1.807, 2.05) is 0 Å². The number of alkyl halides is 3. The van der Waals surface area contributed by atoms with E-state index in [9.17, 15) is 26.7 Å². The van der Waals surface area contributed by atoms with E-state index in [0.717, 1.165) is 18.2 Å². The molecule has 1 unspecified atom stereocenters. The maximum absolute atomic E-state index is 12.6. The Balaban J connectivity index is 2.14. The van der Waals surface area contributed by atoms with E-state index < -0.39 is 32.8 Å². The minimum Gasteiger partial charge on any atom is -0.387 e. The standard InChI is InChI=1S/C13H12F3NO3S2/c14-13(15,16)10-2-1-3-11(6-10)22(19,20)17-7-12(18)9-4-5-21-8-9/h1-6,8,12,17-18H,7H2. The molecule has 0 radical (unpaired) electrons. The molecule has 120 valence electrons. The maximum atomic E-state index is 12.6. The van der Waals surface area contributed by atoms with Crippen molar-refractivity contribution in [3.8, 4) is 0 Å². The van der Waals surface area contributed by atoms with Crippen molar-refractivity contribution in [1.29, 1.82) is 0 Å². The van der Waals surface area contributed by atoms with Crippen molar-refractivity contribution in [2.75, 3.05) is 6.54 Å². The van der Waals surface area contributed by atoms with Crippen LogP contribution in [-0.2, 0) is 16.2 Å². The van der Waals surface area contributed by atoms with Gasteiger partial charge in [0.15, 0.2) is 0 Å². The van der Waals surface area contributed by atoms with E-state index in [1.165, 1.54) is 11.3 Å². The third-order valence-corrected chi connectivity index (χ3v) is 4.99. The average molecular weight is 351 g/mol. The Kier molecular flexibility index (Phi) is 4.90. The summed E-state index contributed by atoms with van der Waals surface area (Å²) >= 11 is 1.34. The number of aliphatic hydroxyl groups is 1. The van der Waals surface area contributed by atoms with Gasteiger partial charge in [0, 0.05) is 6.54 Å². The molecule has 22 heavy (non-hydrogen) atoms. The molecule has 1 aromatic heterocycles. The van der Waals surface area contributed by atoms with E-state index in [2.05, 4.69) is 4.72 Å². The van der Waals surface area contributed by atoms with Crippen LogP contribution in [0.3, 0.4) is 0 Å². The van der Waals surface area contributed by atoms with E-state index in [4.69, 9.17) is 0 Å². The van der Waals surface area contributed by atoms with Gasteiger partial charge in [-0.15, -0.1) is 0 Å². The van der Waals surface area contributed by atoms with Gasteiger partial charge in [-0.25, -0.2) is 13.1 Å². The monoisotopic (exact) mass is 351 g/mol. The zero-order valence-corrected chi connectivity index (χ0v) is 12.7. The first-order chi connectivity index (χ1) is 10.2. The molecule has 1 heterocycles. The number of rotatable bonds is 5. The van der Waals surface area contributed by atoms with Gasteiger partial charge >= 0.3 is 6.18 Å². The molecule has 1 aromatic carbocycles. The van der Waals surface area contributed by atoms with Gasteiger partial charge in [0.05, 0.1) is 16.6 Å². The van der Waals surface area contributed by atoms with Gasteiger partial charge in [0.2, 0.25) is 10.0 Å². The smallest absolute Gasteiger partial charge is 0.387 e. The molecule has 0 spiro atoms. The third-order valence-electron chi connectivity index (χ3n) is 2.87. The number of hydrogen-bond acceptors (Lipinski definition) is 4. The van der Waals surface area contributed by atoms with Crippen molar-refractivity contribution in [3.05, 3.63) is 52.2 Å². The normalized spacial score (nSPS) is 14.0. The molecule has 1 atom stereocenters. The molecule has 0 bridgehead atoms. The van der Waals surface area contributed by atoms with Crippen molar-refractivity contribution in [2.45, 2.75) is 17.2 Å². The molecule has 0 aliphatic rings. The minimum atomic E-state index is -4.62. The van der Waals surface area contributed by atoms with Crippen LogP contribution in [0, 0.1) is 0 Å². The Morgan fingerprint density at radius 2 is 2.00 bits per heavy atom.